The average Bonchev–Trinajstić information content (AvgIpc) is 2.62. The molecule has 0 spiro atoms. The van der Waals surface area contributed by atoms with Crippen LogP contribution in [0.25, 0.3) is 0 Å². The maximum Gasteiger partial charge on any atom is 0.254 e. The Morgan fingerprint density at radius 1 is 1.50 bits per heavy atom. The lowest BCUT2D eigenvalue weighted by molar-refractivity contribution is -0.120. The smallest absolute Gasteiger partial charge is 0.254 e. The molecule has 1 aromatic rings. The fraction of sp³-hybridized carbons (Fsp3) is 0.400. The maximum absolute atomic E-state index is 12.5. The molecule has 22 heavy (non-hydrogen) atoms. The summed E-state index contributed by atoms with van der Waals surface area (Å²) in [6, 6.07) is 4.17. The summed E-state index contributed by atoms with van der Waals surface area (Å²) in [4.78, 5) is 26.1. The number of aromatic hydroxyl groups is 1. The van der Waals surface area contributed by atoms with E-state index in [2.05, 4.69) is 5.32 Å². The van der Waals surface area contributed by atoms with E-state index in [1.165, 1.54) is 12.1 Å². The summed E-state index contributed by atoms with van der Waals surface area (Å²) >= 11 is 0. The van der Waals surface area contributed by atoms with Crippen LogP contribution in [0.15, 0.2) is 18.2 Å². The lowest BCUT2D eigenvalue weighted by atomic mass is 10.0. The van der Waals surface area contributed by atoms with Crippen molar-refractivity contribution in [1.29, 1.82) is 5.41 Å². The zero-order valence-corrected chi connectivity index (χ0v) is 12.6. The molecule has 1 unspecified atom stereocenters. The Hall–Kier alpha value is -2.57. The fourth-order valence-corrected chi connectivity index (χ4v) is 2.68. The molecule has 0 saturated carbocycles. The van der Waals surface area contributed by atoms with Gasteiger partial charge in [-0.3, -0.25) is 20.3 Å². The number of benzene rings is 1. The second-order valence-electron chi connectivity index (χ2n) is 5.80. The first-order chi connectivity index (χ1) is 10.3. The van der Waals surface area contributed by atoms with Gasteiger partial charge in [-0.15, -0.1) is 0 Å². The minimum atomic E-state index is -0.421. The minimum absolute atomic E-state index is 0.0189. The van der Waals surface area contributed by atoms with Crippen molar-refractivity contribution in [3.05, 3.63) is 29.3 Å². The van der Waals surface area contributed by atoms with E-state index in [0.717, 1.165) is 0 Å². The van der Waals surface area contributed by atoms with E-state index in [4.69, 9.17) is 11.1 Å². The van der Waals surface area contributed by atoms with Crippen LogP contribution in [-0.2, 0) is 4.79 Å². The standard InChI is InChI=1S/C15H20N4O3/c1-8(2)7-19-12(6-13(21)18-15(16)17)10-4-3-9(20)5-11(10)14(19)22/h3-5,8,12,20H,6-7H2,1-2H3,(H4,16,17,18,21). The second-order valence-corrected chi connectivity index (χ2v) is 5.80. The predicted octanol–water partition coefficient (Wildman–Crippen LogP) is 0.945. The Labute approximate surface area is 128 Å². The number of guanidine groups is 1. The third-order valence-corrected chi connectivity index (χ3v) is 3.48. The number of carbonyl (C=O) groups excluding carboxylic acids is 2. The van der Waals surface area contributed by atoms with Crippen LogP contribution >= 0.6 is 0 Å². The van der Waals surface area contributed by atoms with Gasteiger partial charge in [0.05, 0.1) is 12.5 Å². The lowest BCUT2D eigenvalue weighted by Gasteiger charge is -2.26. The number of amides is 2. The Morgan fingerprint density at radius 3 is 2.77 bits per heavy atom. The Morgan fingerprint density at radius 2 is 2.18 bits per heavy atom. The fourth-order valence-electron chi connectivity index (χ4n) is 2.68. The first-order valence-electron chi connectivity index (χ1n) is 7.07. The normalized spacial score (nSPS) is 16.8. The minimum Gasteiger partial charge on any atom is -0.508 e. The van der Waals surface area contributed by atoms with Gasteiger partial charge in [-0.05, 0) is 23.6 Å². The molecule has 2 rings (SSSR count). The highest BCUT2D eigenvalue weighted by Crippen LogP contribution is 2.37. The predicted molar refractivity (Wildman–Crippen MR) is 81.4 cm³/mol. The van der Waals surface area contributed by atoms with Gasteiger partial charge in [-0.25, -0.2) is 0 Å². The largest absolute Gasteiger partial charge is 0.508 e. The van der Waals surface area contributed by atoms with Crippen molar-refractivity contribution in [1.82, 2.24) is 10.2 Å². The molecule has 0 aliphatic carbocycles. The maximum atomic E-state index is 12.5. The van der Waals surface area contributed by atoms with Crippen LogP contribution in [0.1, 0.15) is 42.2 Å². The molecular formula is C15H20N4O3. The third-order valence-electron chi connectivity index (χ3n) is 3.48. The van der Waals surface area contributed by atoms with E-state index in [0.29, 0.717) is 17.7 Å². The number of fused-ring (bicyclic) bond motifs is 1. The SMILES string of the molecule is CC(C)CN1C(=O)c2cc(O)ccc2C1CC(=O)NC(=N)N. The van der Waals surface area contributed by atoms with Crippen molar-refractivity contribution >= 4 is 17.8 Å². The number of hydrogen-bond donors (Lipinski definition) is 4. The van der Waals surface area contributed by atoms with Crippen molar-refractivity contribution in [3.63, 3.8) is 0 Å². The number of carbonyl (C=O) groups is 2. The third kappa shape index (κ3) is 3.19. The second kappa shape index (κ2) is 6.05. The number of phenols is 1. The zero-order valence-electron chi connectivity index (χ0n) is 12.6. The molecule has 0 bridgehead atoms. The molecule has 1 aliphatic rings. The van der Waals surface area contributed by atoms with Gasteiger partial charge in [0.25, 0.3) is 5.91 Å². The van der Waals surface area contributed by atoms with Crippen molar-refractivity contribution in [2.24, 2.45) is 11.7 Å². The van der Waals surface area contributed by atoms with Crippen molar-refractivity contribution in [2.45, 2.75) is 26.3 Å². The van der Waals surface area contributed by atoms with E-state index in [1.54, 1.807) is 11.0 Å². The molecular weight excluding hydrogens is 284 g/mol. The van der Waals surface area contributed by atoms with Crippen molar-refractivity contribution < 1.29 is 14.7 Å². The molecule has 1 atom stereocenters. The molecule has 7 heteroatoms. The van der Waals surface area contributed by atoms with Crippen LogP contribution in [0.2, 0.25) is 0 Å². The first-order valence-corrected chi connectivity index (χ1v) is 7.07. The van der Waals surface area contributed by atoms with Crippen LogP contribution in [0, 0.1) is 11.3 Å². The number of nitrogens with zero attached hydrogens (tertiary/aromatic N) is 1. The van der Waals surface area contributed by atoms with Gasteiger partial charge in [0.2, 0.25) is 5.91 Å². The van der Waals surface area contributed by atoms with Crippen LogP contribution in [-0.4, -0.2) is 34.3 Å². The lowest BCUT2D eigenvalue weighted by Crippen LogP contribution is -2.39. The molecule has 1 aliphatic heterocycles. The van der Waals surface area contributed by atoms with Crippen LogP contribution in [0.5, 0.6) is 5.75 Å². The Kier molecular flexibility index (Phi) is 4.35. The van der Waals surface area contributed by atoms with Gasteiger partial charge < -0.3 is 15.7 Å². The van der Waals surface area contributed by atoms with Gasteiger partial charge in [0, 0.05) is 12.1 Å². The van der Waals surface area contributed by atoms with Gasteiger partial charge >= 0.3 is 0 Å². The molecule has 0 aromatic heterocycles. The summed E-state index contributed by atoms with van der Waals surface area (Å²) in [5, 5.41) is 18.9. The highest BCUT2D eigenvalue weighted by Gasteiger charge is 2.38. The van der Waals surface area contributed by atoms with Gasteiger partial charge in [0.15, 0.2) is 5.96 Å². The average molecular weight is 304 g/mol. The number of nitrogens with two attached hydrogens (primary N) is 1. The number of nitrogens with one attached hydrogen (secondary N) is 2. The summed E-state index contributed by atoms with van der Waals surface area (Å²) in [5.41, 5.74) is 6.29. The van der Waals surface area contributed by atoms with Crippen molar-refractivity contribution in [3.8, 4) is 5.75 Å². The van der Waals surface area contributed by atoms with Crippen LogP contribution < -0.4 is 11.1 Å². The van der Waals surface area contributed by atoms with E-state index < -0.39 is 17.9 Å². The summed E-state index contributed by atoms with van der Waals surface area (Å²) in [7, 11) is 0. The first kappa shape index (κ1) is 15.8. The summed E-state index contributed by atoms with van der Waals surface area (Å²) in [5.74, 6) is -0.772. The monoisotopic (exact) mass is 304 g/mol. The summed E-state index contributed by atoms with van der Waals surface area (Å²) in [6.07, 6.45) is 0.0236. The Bertz CT molecular complexity index is 627. The van der Waals surface area contributed by atoms with E-state index in [-0.39, 0.29) is 24.0 Å². The topological polar surface area (TPSA) is 120 Å². The Balaban J connectivity index is 2.32. The molecule has 118 valence electrons. The molecule has 0 fully saturated rings. The zero-order chi connectivity index (χ0) is 16.4. The quantitative estimate of drug-likeness (QED) is 0.489. The van der Waals surface area contributed by atoms with Crippen LogP contribution in [0.4, 0.5) is 0 Å². The molecule has 2 amide bonds. The molecule has 5 N–H and O–H groups in total. The number of hydrogen-bond acceptors (Lipinski definition) is 4. The van der Waals surface area contributed by atoms with E-state index >= 15 is 0 Å². The molecule has 7 nitrogen and oxygen atoms in total. The van der Waals surface area contributed by atoms with Gasteiger partial charge in [-0.1, -0.05) is 19.9 Å². The molecule has 1 aromatic carbocycles. The summed E-state index contributed by atoms with van der Waals surface area (Å²) in [6.45, 7) is 4.48. The highest BCUT2D eigenvalue weighted by atomic mass is 16.3. The van der Waals surface area contributed by atoms with Gasteiger partial charge in [0.1, 0.15) is 5.75 Å². The molecule has 0 radical (unpaired) electrons. The van der Waals surface area contributed by atoms with E-state index in [9.17, 15) is 14.7 Å². The number of rotatable bonds is 4. The van der Waals surface area contributed by atoms with Gasteiger partial charge in [-0.2, -0.15) is 0 Å². The molecule has 1 heterocycles. The van der Waals surface area contributed by atoms with Crippen molar-refractivity contribution in [2.75, 3.05) is 6.54 Å². The molecule has 0 saturated heterocycles. The highest BCUT2D eigenvalue weighted by molar-refractivity contribution is 6.01. The number of phenolic OH excluding ortho intramolecular Hbond substituents is 1. The van der Waals surface area contributed by atoms with E-state index in [1.807, 2.05) is 13.8 Å². The van der Waals surface area contributed by atoms with Crippen LogP contribution in [0.3, 0.4) is 0 Å². The summed E-state index contributed by atoms with van der Waals surface area (Å²) < 4.78 is 0.